The number of nitrogens with zero attached hydrogens (tertiary/aromatic N) is 2. The average molecular weight is 274 g/mol. The molecule has 3 nitrogen and oxygen atoms in total. The van der Waals surface area contributed by atoms with E-state index in [1.165, 1.54) is 0 Å². The number of fused-ring (bicyclic) bond motifs is 3. The molecule has 0 fully saturated rings. The van der Waals surface area contributed by atoms with E-state index in [1.807, 2.05) is 18.2 Å². The van der Waals surface area contributed by atoms with Crippen molar-refractivity contribution in [2.75, 3.05) is 0 Å². The molecule has 102 valence electrons. The van der Waals surface area contributed by atoms with Gasteiger partial charge in [-0.05, 0) is 24.3 Å². The Bertz CT molecular complexity index is 805. The van der Waals surface area contributed by atoms with Crippen molar-refractivity contribution >= 4 is 21.8 Å². The number of phenols is 1. The number of benzene rings is 2. The van der Waals surface area contributed by atoms with E-state index in [0.717, 1.165) is 21.8 Å². The second-order valence-electron chi connectivity index (χ2n) is 4.55. The summed E-state index contributed by atoms with van der Waals surface area (Å²) in [6, 6.07) is 20.9. The fraction of sp³-hybridized carbons (Fsp3) is 0. The molecular weight excluding hydrogens is 260 g/mol. The largest absolute Gasteiger partial charge is 0.508 e. The van der Waals surface area contributed by atoms with E-state index in [2.05, 4.69) is 34.2 Å². The van der Waals surface area contributed by atoms with Crippen molar-refractivity contribution in [2.45, 2.75) is 0 Å². The van der Waals surface area contributed by atoms with E-state index < -0.39 is 0 Å². The summed E-state index contributed by atoms with van der Waals surface area (Å²) in [6.07, 6.45) is 3.60. The molecule has 0 aliphatic heterocycles. The number of para-hydroxylation sites is 1. The zero-order valence-corrected chi connectivity index (χ0v) is 11.3. The summed E-state index contributed by atoms with van der Waals surface area (Å²) in [7, 11) is 0. The Morgan fingerprint density at radius 3 is 1.52 bits per heavy atom. The molecule has 3 heteroatoms. The average Bonchev–Trinajstić information content (AvgIpc) is 2.56. The van der Waals surface area contributed by atoms with Crippen LogP contribution in [0.25, 0.3) is 21.8 Å². The van der Waals surface area contributed by atoms with E-state index in [-0.39, 0.29) is 0 Å². The van der Waals surface area contributed by atoms with Gasteiger partial charge in [0.1, 0.15) is 5.75 Å². The van der Waals surface area contributed by atoms with Gasteiger partial charge in [0, 0.05) is 23.2 Å². The summed E-state index contributed by atoms with van der Waals surface area (Å²) < 4.78 is 0. The van der Waals surface area contributed by atoms with Gasteiger partial charge in [0.15, 0.2) is 0 Å². The van der Waals surface area contributed by atoms with Crippen molar-refractivity contribution in [3.8, 4) is 5.75 Å². The molecule has 0 saturated carbocycles. The maximum Gasteiger partial charge on any atom is 0.115 e. The Labute approximate surface area is 122 Å². The second kappa shape index (κ2) is 6.01. The fourth-order valence-electron chi connectivity index (χ4n) is 2.11. The van der Waals surface area contributed by atoms with Crippen molar-refractivity contribution in [1.29, 1.82) is 0 Å². The minimum Gasteiger partial charge on any atom is -0.508 e. The fourth-order valence-corrected chi connectivity index (χ4v) is 2.11. The van der Waals surface area contributed by atoms with Gasteiger partial charge in [-0.15, -0.1) is 0 Å². The van der Waals surface area contributed by atoms with E-state index in [0.29, 0.717) is 5.75 Å². The first kappa shape index (κ1) is 13.1. The molecule has 21 heavy (non-hydrogen) atoms. The molecule has 1 N–H and O–H groups in total. The Morgan fingerprint density at radius 1 is 0.571 bits per heavy atom. The van der Waals surface area contributed by atoms with Gasteiger partial charge < -0.3 is 5.11 Å². The zero-order chi connectivity index (χ0) is 14.5. The van der Waals surface area contributed by atoms with Crippen LogP contribution < -0.4 is 0 Å². The molecule has 0 radical (unpaired) electrons. The standard InChI is InChI=1S/C12H8N2.C6H6O/c1-3-9-5-6-10-4-2-8-14-12(10)11(9)13-7-1;7-6-4-2-1-3-5-6/h1-8H;1-5,7H. The molecule has 0 bridgehead atoms. The van der Waals surface area contributed by atoms with Crippen LogP contribution in [-0.4, -0.2) is 15.1 Å². The molecule has 0 saturated heterocycles. The SMILES string of the molecule is Oc1ccccc1.c1cnc2c(c1)ccc1cccnc12. The summed E-state index contributed by atoms with van der Waals surface area (Å²) >= 11 is 0. The smallest absolute Gasteiger partial charge is 0.115 e. The molecule has 4 rings (SSSR count). The maximum absolute atomic E-state index is 8.63. The lowest BCUT2D eigenvalue weighted by Gasteiger charge is -2.00. The third-order valence-electron chi connectivity index (χ3n) is 3.10. The number of pyridine rings is 2. The van der Waals surface area contributed by atoms with Gasteiger partial charge >= 0.3 is 0 Å². The molecule has 0 aliphatic carbocycles. The molecule has 0 unspecified atom stereocenters. The lowest BCUT2D eigenvalue weighted by molar-refractivity contribution is 0.475. The van der Waals surface area contributed by atoms with Gasteiger partial charge in [-0.2, -0.15) is 0 Å². The predicted molar refractivity (Wildman–Crippen MR) is 85.2 cm³/mol. The minimum atomic E-state index is 0.322. The van der Waals surface area contributed by atoms with Gasteiger partial charge in [0.05, 0.1) is 11.0 Å². The molecular formula is C18H14N2O. The number of aromatic hydroxyl groups is 1. The third-order valence-corrected chi connectivity index (χ3v) is 3.10. The highest BCUT2D eigenvalue weighted by molar-refractivity contribution is 6.02. The number of aromatic nitrogens is 2. The van der Waals surface area contributed by atoms with Crippen molar-refractivity contribution in [3.63, 3.8) is 0 Å². The van der Waals surface area contributed by atoms with Crippen LogP contribution in [0.1, 0.15) is 0 Å². The summed E-state index contributed by atoms with van der Waals surface area (Å²) in [5, 5.41) is 10.9. The van der Waals surface area contributed by atoms with Crippen LogP contribution in [0.2, 0.25) is 0 Å². The first-order valence-corrected chi connectivity index (χ1v) is 6.67. The number of hydrogen-bond acceptors (Lipinski definition) is 3. The lowest BCUT2D eigenvalue weighted by atomic mass is 10.1. The number of phenolic OH excluding ortho intramolecular Hbond substituents is 1. The van der Waals surface area contributed by atoms with Crippen molar-refractivity contribution in [3.05, 3.63) is 79.1 Å². The maximum atomic E-state index is 8.63. The van der Waals surface area contributed by atoms with Crippen LogP contribution in [0.5, 0.6) is 5.75 Å². The molecule has 0 spiro atoms. The number of hydrogen-bond donors (Lipinski definition) is 1. The van der Waals surface area contributed by atoms with Crippen molar-refractivity contribution < 1.29 is 5.11 Å². The van der Waals surface area contributed by atoms with Gasteiger partial charge in [-0.1, -0.05) is 42.5 Å². The normalized spacial score (nSPS) is 10.1. The Kier molecular flexibility index (Phi) is 3.74. The topological polar surface area (TPSA) is 46.0 Å². The van der Waals surface area contributed by atoms with Crippen molar-refractivity contribution in [1.82, 2.24) is 9.97 Å². The summed E-state index contributed by atoms with van der Waals surface area (Å²) in [5.41, 5.74) is 1.95. The molecule has 0 aliphatic rings. The van der Waals surface area contributed by atoms with Gasteiger partial charge in [-0.25, -0.2) is 0 Å². The Hall–Kier alpha value is -2.94. The lowest BCUT2D eigenvalue weighted by Crippen LogP contribution is -1.83. The van der Waals surface area contributed by atoms with Gasteiger partial charge in [0.25, 0.3) is 0 Å². The van der Waals surface area contributed by atoms with Crippen LogP contribution in [-0.2, 0) is 0 Å². The minimum absolute atomic E-state index is 0.322. The highest BCUT2D eigenvalue weighted by Gasteiger charge is 2.00. The first-order chi connectivity index (χ1) is 10.3. The van der Waals surface area contributed by atoms with Crippen LogP contribution >= 0.6 is 0 Å². The Morgan fingerprint density at radius 2 is 1.10 bits per heavy atom. The first-order valence-electron chi connectivity index (χ1n) is 6.67. The van der Waals surface area contributed by atoms with Gasteiger partial charge in [-0.3, -0.25) is 9.97 Å². The van der Waals surface area contributed by atoms with Crippen molar-refractivity contribution in [2.24, 2.45) is 0 Å². The van der Waals surface area contributed by atoms with Crippen LogP contribution in [0.15, 0.2) is 79.1 Å². The highest BCUT2D eigenvalue weighted by atomic mass is 16.3. The zero-order valence-electron chi connectivity index (χ0n) is 11.3. The quantitative estimate of drug-likeness (QED) is 0.489. The van der Waals surface area contributed by atoms with E-state index in [1.54, 1.807) is 36.7 Å². The monoisotopic (exact) mass is 274 g/mol. The molecule has 2 heterocycles. The van der Waals surface area contributed by atoms with Gasteiger partial charge in [0.2, 0.25) is 0 Å². The molecule has 2 aromatic heterocycles. The van der Waals surface area contributed by atoms with E-state index >= 15 is 0 Å². The molecule has 0 atom stereocenters. The summed E-state index contributed by atoms with van der Waals surface area (Å²) in [6.45, 7) is 0. The second-order valence-corrected chi connectivity index (χ2v) is 4.55. The predicted octanol–water partition coefficient (Wildman–Crippen LogP) is 4.18. The number of rotatable bonds is 0. The summed E-state index contributed by atoms with van der Waals surface area (Å²) in [4.78, 5) is 8.69. The molecule has 2 aromatic carbocycles. The summed E-state index contributed by atoms with van der Waals surface area (Å²) in [5.74, 6) is 0.322. The third kappa shape index (κ3) is 2.98. The van der Waals surface area contributed by atoms with Crippen LogP contribution in [0.4, 0.5) is 0 Å². The van der Waals surface area contributed by atoms with Crippen LogP contribution in [0.3, 0.4) is 0 Å². The molecule has 0 amide bonds. The van der Waals surface area contributed by atoms with Crippen LogP contribution in [0, 0.1) is 0 Å². The van der Waals surface area contributed by atoms with E-state index in [9.17, 15) is 0 Å². The Balaban J connectivity index is 0.000000160. The molecule has 4 aromatic rings. The van der Waals surface area contributed by atoms with E-state index in [4.69, 9.17) is 5.11 Å². The highest BCUT2D eigenvalue weighted by Crippen LogP contribution is 2.20.